The van der Waals surface area contributed by atoms with Crippen LogP contribution in [0.1, 0.15) is 18.4 Å². The van der Waals surface area contributed by atoms with Crippen molar-refractivity contribution in [3.63, 3.8) is 0 Å². The number of thioether (sulfide) groups is 1. The quantitative estimate of drug-likeness (QED) is 0.476. The number of methoxy groups -OCH3 is 1. The second-order valence-corrected chi connectivity index (χ2v) is 6.95. The van der Waals surface area contributed by atoms with Crippen LogP contribution < -0.4 is 11.2 Å². The number of nitrogens with one attached hydrogen (secondary N) is 2. The van der Waals surface area contributed by atoms with Gasteiger partial charge in [0.2, 0.25) is 0 Å². The van der Waals surface area contributed by atoms with Gasteiger partial charge in [-0.15, -0.1) is 10.2 Å². The molecule has 27 heavy (non-hydrogen) atoms. The van der Waals surface area contributed by atoms with Crippen molar-refractivity contribution in [2.45, 2.75) is 23.8 Å². The Morgan fingerprint density at radius 1 is 1.22 bits per heavy atom. The van der Waals surface area contributed by atoms with E-state index in [2.05, 4.69) is 20.2 Å². The predicted molar refractivity (Wildman–Crippen MR) is 99.2 cm³/mol. The van der Waals surface area contributed by atoms with Crippen molar-refractivity contribution in [3.8, 4) is 5.69 Å². The van der Waals surface area contributed by atoms with Crippen LogP contribution >= 0.6 is 11.8 Å². The van der Waals surface area contributed by atoms with Crippen molar-refractivity contribution in [1.82, 2.24) is 24.7 Å². The summed E-state index contributed by atoms with van der Waals surface area (Å²) in [5, 5.41) is 8.39. The summed E-state index contributed by atoms with van der Waals surface area (Å²) in [5.74, 6) is 0.144. The number of aromatic nitrogens is 5. The molecule has 0 aliphatic heterocycles. The molecule has 2 aromatic heterocycles. The minimum atomic E-state index is -0.586. The molecule has 0 radical (unpaired) electrons. The fraction of sp³-hybridized carbons (Fsp3) is 0.235. The van der Waals surface area contributed by atoms with Crippen LogP contribution in [-0.2, 0) is 16.0 Å². The van der Waals surface area contributed by atoms with E-state index in [9.17, 15) is 14.4 Å². The van der Waals surface area contributed by atoms with Gasteiger partial charge in [0, 0.05) is 23.9 Å². The average molecular weight is 387 g/mol. The molecule has 2 heterocycles. The average Bonchev–Trinajstić information content (AvgIpc) is 3.02. The number of rotatable bonds is 6. The van der Waals surface area contributed by atoms with Gasteiger partial charge in [0.25, 0.3) is 5.56 Å². The molecule has 0 amide bonds. The van der Waals surface area contributed by atoms with Crippen molar-refractivity contribution in [3.05, 3.63) is 68.8 Å². The topological polar surface area (TPSA) is 123 Å². The van der Waals surface area contributed by atoms with E-state index in [0.717, 1.165) is 5.69 Å². The lowest BCUT2D eigenvalue weighted by Gasteiger charge is -2.12. The smallest absolute Gasteiger partial charge is 0.325 e. The molecule has 140 valence electrons. The number of esters is 1. The second kappa shape index (κ2) is 8.04. The SMILES string of the molecule is COC(=O)[C@@H](C)Sc1nnc(Cc2cc(=O)[nH]c(=O)[nH]2)n1-c1ccccc1. The molecular weight excluding hydrogens is 370 g/mol. The van der Waals surface area contributed by atoms with Gasteiger partial charge in [-0.25, -0.2) is 4.79 Å². The highest BCUT2D eigenvalue weighted by molar-refractivity contribution is 8.00. The maximum Gasteiger partial charge on any atom is 0.325 e. The van der Waals surface area contributed by atoms with Crippen LogP contribution in [0.2, 0.25) is 0 Å². The number of carbonyl (C=O) groups excluding carboxylic acids is 1. The van der Waals surface area contributed by atoms with Crippen LogP contribution in [0.15, 0.2) is 51.1 Å². The van der Waals surface area contributed by atoms with E-state index < -0.39 is 16.5 Å². The lowest BCUT2D eigenvalue weighted by atomic mass is 10.2. The summed E-state index contributed by atoms with van der Waals surface area (Å²) in [6, 6.07) is 10.7. The molecule has 9 nitrogen and oxygen atoms in total. The molecule has 0 unspecified atom stereocenters. The van der Waals surface area contributed by atoms with E-state index in [0.29, 0.717) is 16.7 Å². The lowest BCUT2D eigenvalue weighted by Crippen LogP contribution is -2.23. The van der Waals surface area contributed by atoms with Crippen LogP contribution in [0.4, 0.5) is 0 Å². The minimum Gasteiger partial charge on any atom is -0.468 e. The van der Waals surface area contributed by atoms with Crippen molar-refractivity contribution >= 4 is 17.7 Å². The Bertz CT molecular complexity index is 1030. The Kier molecular flexibility index (Phi) is 5.55. The van der Waals surface area contributed by atoms with Gasteiger partial charge in [-0.05, 0) is 19.1 Å². The van der Waals surface area contributed by atoms with Crippen LogP contribution in [0, 0.1) is 0 Å². The molecule has 3 aromatic rings. The number of nitrogens with zero attached hydrogens (tertiary/aromatic N) is 3. The number of H-pyrrole nitrogens is 2. The fourth-order valence-electron chi connectivity index (χ4n) is 2.48. The number of para-hydroxylation sites is 1. The molecule has 0 bridgehead atoms. The Labute approximate surface area is 157 Å². The Hall–Kier alpha value is -3.14. The van der Waals surface area contributed by atoms with Crippen LogP contribution in [0.3, 0.4) is 0 Å². The molecule has 1 atom stereocenters. The third-order valence-electron chi connectivity index (χ3n) is 3.69. The molecule has 0 aliphatic rings. The number of hydrogen-bond donors (Lipinski definition) is 2. The molecule has 3 rings (SSSR count). The third-order valence-corrected chi connectivity index (χ3v) is 4.72. The maximum atomic E-state index is 11.8. The van der Waals surface area contributed by atoms with Crippen molar-refractivity contribution in [2.75, 3.05) is 7.11 Å². The number of ether oxygens (including phenoxy) is 1. The van der Waals surface area contributed by atoms with E-state index in [1.165, 1.54) is 24.9 Å². The lowest BCUT2D eigenvalue weighted by molar-refractivity contribution is -0.139. The monoisotopic (exact) mass is 387 g/mol. The van der Waals surface area contributed by atoms with Gasteiger partial charge in [0.05, 0.1) is 7.11 Å². The Morgan fingerprint density at radius 2 is 1.96 bits per heavy atom. The first kappa shape index (κ1) is 18.6. The summed E-state index contributed by atoms with van der Waals surface area (Å²) in [5.41, 5.74) is 0.126. The third kappa shape index (κ3) is 4.34. The van der Waals surface area contributed by atoms with Gasteiger partial charge >= 0.3 is 11.7 Å². The predicted octanol–water partition coefficient (Wildman–Crippen LogP) is 0.888. The molecule has 2 N–H and O–H groups in total. The molecule has 0 aliphatic carbocycles. The minimum absolute atomic E-state index is 0.189. The van der Waals surface area contributed by atoms with Gasteiger partial charge < -0.3 is 9.72 Å². The summed E-state index contributed by atoms with van der Waals surface area (Å²) in [7, 11) is 1.33. The molecule has 0 saturated carbocycles. The standard InChI is InChI=1S/C17H17N5O4S/c1-10(15(24)26-2)27-17-21-20-13(22(17)12-6-4-3-5-7-12)8-11-9-14(23)19-16(25)18-11/h3-7,9-10H,8H2,1-2H3,(H2,18,19,23,25)/t10-/m1/s1. The summed E-state index contributed by atoms with van der Waals surface area (Å²) in [6.07, 6.45) is 0.189. The molecular formula is C17H17N5O4S. The summed E-state index contributed by atoms with van der Waals surface area (Å²) in [4.78, 5) is 39.5. The summed E-state index contributed by atoms with van der Waals surface area (Å²) in [6.45, 7) is 1.72. The maximum absolute atomic E-state index is 11.8. The summed E-state index contributed by atoms with van der Waals surface area (Å²) >= 11 is 1.21. The molecule has 0 saturated heterocycles. The number of aromatic amines is 2. The van der Waals surface area contributed by atoms with Crippen LogP contribution in [-0.4, -0.2) is 43.1 Å². The number of benzene rings is 1. The first-order valence-corrected chi connectivity index (χ1v) is 8.92. The van der Waals surface area contributed by atoms with Gasteiger partial charge in [0.1, 0.15) is 11.1 Å². The van der Waals surface area contributed by atoms with Gasteiger partial charge in [0.15, 0.2) is 5.16 Å². The highest BCUT2D eigenvalue weighted by Gasteiger charge is 2.21. The number of hydrogen-bond acceptors (Lipinski definition) is 7. The zero-order valence-corrected chi connectivity index (χ0v) is 15.4. The van der Waals surface area contributed by atoms with Gasteiger partial charge in [-0.2, -0.15) is 0 Å². The van der Waals surface area contributed by atoms with E-state index in [1.807, 2.05) is 30.3 Å². The normalized spacial score (nSPS) is 11.9. The molecule has 0 spiro atoms. The van der Waals surface area contributed by atoms with E-state index >= 15 is 0 Å². The van der Waals surface area contributed by atoms with Gasteiger partial charge in [-0.3, -0.25) is 19.1 Å². The molecule has 10 heteroatoms. The van der Waals surface area contributed by atoms with Crippen LogP contribution in [0.5, 0.6) is 0 Å². The Balaban J connectivity index is 2.02. The highest BCUT2D eigenvalue weighted by Crippen LogP contribution is 2.26. The van der Waals surface area contributed by atoms with E-state index in [4.69, 9.17) is 4.74 Å². The zero-order chi connectivity index (χ0) is 19.4. The van der Waals surface area contributed by atoms with E-state index in [-0.39, 0.29) is 12.4 Å². The first-order chi connectivity index (χ1) is 13.0. The van der Waals surface area contributed by atoms with Crippen molar-refractivity contribution in [1.29, 1.82) is 0 Å². The van der Waals surface area contributed by atoms with E-state index in [1.54, 1.807) is 11.5 Å². The molecule has 0 fully saturated rings. The fourth-order valence-corrected chi connectivity index (χ4v) is 3.40. The largest absolute Gasteiger partial charge is 0.468 e. The van der Waals surface area contributed by atoms with Crippen LogP contribution in [0.25, 0.3) is 5.69 Å². The second-order valence-electron chi connectivity index (χ2n) is 5.64. The van der Waals surface area contributed by atoms with Gasteiger partial charge in [-0.1, -0.05) is 30.0 Å². The first-order valence-electron chi connectivity index (χ1n) is 8.04. The van der Waals surface area contributed by atoms with Crippen molar-refractivity contribution < 1.29 is 9.53 Å². The van der Waals surface area contributed by atoms with Crippen molar-refractivity contribution in [2.24, 2.45) is 0 Å². The summed E-state index contributed by atoms with van der Waals surface area (Å²) < 4.78 is 6.54. The number of carbonyl (C=O) groups is 1. The zero-order valence-electron chi connectivity index (χ0n) is 14.6. The highest BCUT2D eigenvalue weighted by atomic mass is 32.2. The molecule has 1 aromatic carbocycles. The Morgan fingerprint density at radius 3 is 2.63 bits per heavy atom.